The van der Waals surface area contributed by atoms with Crippen LogP contribution in [0.15, 0.2) is 36.6 Å². The van der Waals surface area contributed by atoms with Gasteiger partial charge < -0.3 is 4.74 Å². The lowest BCUT2D eigenvalue weighted by Crippen LogP contribution is -2.43. The van der Waals surface area contributed by atoms with Gasteiger partial charge in [0.2, 0.25) is 0 Å². The van der Waals surface area contributed by atoms with E-state index < -0.39 is 0 Å². The first-order chi connectivity index (χ1) is 7.95. The largest absolute Gasteiger partial charge is 0.465 e. The molecule has 0 N–H and O–H groups in total. The van der Waals surface area contributed by atoms with Crippen molar-refractivity contribution in [1.82, 2.24) is 4.48 Å². The average molecular weight is 234 g/mol. The van der Waals surface area contributed by atoms with Crippen LogP contribution >= 0.6 is 0 Å². The fourth-order valence-electron chi connectivity index (χ4n) is 2.10. The molecule has 0 aliphatic carbocycles. The average Bonchev–Trinajstić information content (AvgIpc) is 2.25. The molecule has 0 bridgehead atoms. The Balaban J connectivity index is 2.90. The normalized spacial score (nSPS) is 12.4. The maximum atomic E-state index is 5.51. The van der Waals surface area contributed by atoms with E-state index in [-0.39, 0.29) is 0 Å². The standard InChI is InChI=1S/C15H24NO/c1-6-10-17-15-9-7-8-14(11-15)16(4,5)12-13(2)3/h6-11,13H,12H2,1-5H3/q+1. The second kappa shape index (κ2) is 5.87. The maximum absolute atomic E-state index is 5.51. The van der Waals surface area contributed by atoms with E-state index in [9.17, 15) is 0 Å². The highest BCUT2D eigenvalue weighted by Crippen LogP contribution is 2.25. The summed E-state index contributed by atoms with van der Waals surface area (Å²) in [6.45, 7) is 7.57. The van der Waals surface area contributed by atoms with Crippen molar-refractivity contribution in [2.45, 2.75) is 20.8 Å². The second-order valence-corrected chi connectivity index (χ2v) is 5.35. The Kier molecular flexibility index (Phi) is 4.76. The van der Waals surface area contributed by atoms with Gasteiger partial charge in [0.15, 0.2) is 0 Å². The van der Waals surface area contributed by atoms with Gasteiger partial charge in [0.25, 0.3) is 0 Å². The first-order valence-electron chi connectivity index (χ1n) is 6.17. The fraction of sp³-hybridized carbons (Fsp3) is 0.467. The molecule has 0 saturated heterocycles. The van der Waals surface area contributed by atoms with E-state index >= 15 is 0 Å². The summed E-state index contributed by atoms with van der Waals surface area (Å²) in [6, 6.07) is 8.31. The topological polar surface area (TPSA) is 9.23 Å². The summed E-state index contributed by atoms with van der Waals surface area (Å²) in [7, 11) is 4.46. The van der Waals surface area contributed by atoms with E-state index in [1.54, 1.807) is 6.26 Å². The third-order valence-corrected chi connectivity index (χ3v) is 2.68. The highest BCUT2D eigenvalue weighted by Gasteiger charge is 2.20. The van der Waals surface area contributed by atoms with Crippen LogP contribution in [-0.4, -0.2) is 20.6 Å². The number of hydrogen-bond acceptors (Lipinski definition) is 1. The molecule has 0 atom stereocenters. The van der Waals surface area contributed by atoms with Gasteiger partial charge >= 0.3 is 0 Å². The van der Waals surface area contributed by atoms with Crippen molar-refractivity contribution in [3.8, 4) is 5.75 Å². The van der Waals surface area contributed by atoms with Crippen LogP contribution in [0.5, 0.6) is 5.75 Å². The van der Waals surface area contributed by atoms with Crippen molar-refractivity contribution in [3.63, 3.8) is 0 Å². The predicted molar refractivity (Wildman–Crippen MR) is 75.2 cm³/mol. The highest BCUT2D eigenvalue weighted by atomic mass is 16.5. The third-order valence-electron chi connectivity index (χ3n) is 2.68. The number of hydrogen-bond donors (Lipinski definition) is 0. The van der Waals surface area contributed by atoms with Gasteiger partial charge in [-0.3, -0.25) is 4.48 Å². The van der Waals surface area contributed by atoms with Gasteiger partial charge in [0, 0.05) is 12.0 Å². The van der Waals surface area contributed by atoms with Crippen LogP contribution in [0.25, 0.3) is 0 Å². The maximum Gasteiger partial charge on any atom is 0.136 e. The highest BCUT2D eigenvalue weighted by molar-refractivity contribution is 5.47. The van der Waals surface area contributed by atoms with Gasteiger partial charge in [0.05, 0.1) is 26.9 Å². The molecule has 1 rings (SSSR count). The summed E-state index contributed by atoms with van der Waals surface area (Å²) in [5.74, 6) is 1.57. The number of quaternary nitrogens is 1. The molecule has 2 nitrogen and oxygen atoms in total. The van der Waals surface area contributed by atoms with Crippen LogP contribution in [0.2, 0.25) is 0 Å². The molecule has 0 aliphatic rings. The van der Waals surface area contributed by atoms with E-state index in [0.29, 0.717) is 5.92 Å². The minimum absolute atomic E-state index is 0.671. The number of allylic oxidation sites excluding steroid dienone is 1. The molecule has 0 fully saturated rings. The zero-order valence-corrected chi connectivity index (χ0v) is 11.6. The summed E-state index contributed by atoms with van der Waals surface area (Å²) in [4.78, 5) is 0. The van der Waals surface area contributed by atoms with Gasteiger partial charge in [-0.05, 0) is 19.1 Å². The summed E-state index contributed by atoms with van der Waals surface area (Å²) in [5, 5.41) is 0. The number of ether oxygens (including phenoxy) is 1. The van der Waals surface area contributed by atoms with Crippen LogP contribution < -0.4 is 9.22 Å². The molecule has 0 spiro atoms. The molecule has 0 aliphatic heterocycles. The van der Waals surface area contributed by atoms with Gasteiger partial charge in [-0.1, -0.05) is 26.0 Å². The Bertz CT molecular complexity index is 380. The van der Waals surface area contributed by atoms with E-state index in [4.69, 9.17) is 4.74 Å². The second-order valence-electron chi connectivity index (χ2n) is 5.35. The summed E-state index contributed by atoms with van der Waals surface area (Å²) < 4.78 is 6.39. The van der Waals surface area contributed by atoms with Crippen LogP contribution in [-0.2, 0) is 0 Å². The van der Waals surface area contributed by atoms with E-state index in [1.165, 1.54) is 5.69 Å². The van der Waals surface area contributed by atoms with Crippen molar-refractivity contribution in [2.75, 3.05) is 20.6 Å². The van der Waals surface area contributed by atoms with Crippen LogP contribution in [0.1, 0.15) is 20.8 Å². The summed E-state index contributed by atoms with van der Waals surface area (Å²) >= 11 is 0. The molecular formula is C15H24NO+. The predicted octanol–water partition coefficient (Wildman–Crippen LogP) is 3.82. The molecule has 17 heavy (non-hydrogen) atoms. The van der Waals surface area contributed by atoms with Gasteiger partial charge in [-0.25, -0.2) is 0 Å². The fourth-order valence-corrected chi connectivity index (χ4v) is 2.10. The smallest absolute Gasteiger partial charge is 0.136 e. The molecule has 0 saturated carbocycles. The summed E-state index contributed by atoms with van der Waals surface area (Å²) in [5.41, 5.74) is 1.28. The lowest BCUT2D eigenvalue weighted by atomic mass is 10.1. The molecule has 0 aromatic heterocycles. The minimum Gasteiger partial charge on any atom is -0.465 e. The van der Waals surface area contributed by atoms with E-state index in [1.807, 2.05) is 19.1 Å². The molecule has 0 unspecified atom stereocenters. The Labute approximate surface area is 105 Å². The Morgan fingerprint density at radius 2 is 2.00 bits per heavy atom. The quantitative estimate of drug-likeness (QED) is 0.556. The number of benzene rings is 1. The van der Waals surface area contributed by atoms with Crippen molar-refractivity contribution < 1.29 is 4.74 Å². The van der Waals surface area contributed by atoms with Crippen LogP contribution in [0.4, 0.5) is 5.69 Å². The lowest BCUT2D eigenvalue weighted by Gasteiger charge is -2.31. The Hall–Kier alpha value is -1.28. The Morgan fingerprint density at radius 1 is 1.29 bits per heavy atom. The van der Waals surface area contributed by atoms with Crippen molar-refractivity contribution in [3.05, 3.63) is 36.6 Å². The SMILES string of the molecule is CC=COc1cccc([N+](C)(C)CC(C)C)c1. The first-order valence-corrected chi connectivity index (χ1v) is 6.17. The molecule has 0 amide bonds. The molecule has 1 aromatic rings. The van der Waals surface area contributed by atoms with Gasteiger partial charge in [0.1, 0.15) is 11.4 Å². The zero-order valence-electron chi connectivity index (χ0n) is 11.6. The summed E-state index contributed by atoms with van der Waals surface area (Å²) in [6.07, 6.45) is 3.60. The van der Waals surface area contributed by atoms with Crippen molar-refractivity contribution >= 4 is 5.69 Å². The number of rotatable bonds is 5. The first kappa shape index (κ1) is 13.8. The van der Waals surface area contributed by atoms with Crippen molar-refractivity contribution in [1.29, 1.82) is 0 Å². The number of nitrogens with zero attached hydrogens (tertiary/aromatic N) is 1. The van der Waals surface area contributed by atoms with E-state index in [2.05, 4.69) is 46.1 Å². The molecule has 0 radical (unpaired) electrons. The van der Waals surface area contributed by atoms with Crippen molar-refractivity contribution in [2.24, 2.45) is 5.92 Å². The molecular weight excluding hydrogens is 210 g/mol. The molecule has 1 aromatic carbocycles. The zero-order chi connectivity index (χ0) is 12.9. The molecule has 94 valence electrons. The monoisotopic (exact) mass is 234 g/mol. The minimum atomic E-state index is 0.671. The molecule has 0 heterocycles. The third kappa shape index (κ3) is 4.23. The van der Waals surface area contributed by atoms with Crippen LogP contribution in [0, 0.1) is 5.92 Å². The van der Waals surface area contributed by atoms with Crippen LogP contribution in [0.3, 0.4) is 0 Å². The lowest BCUT2D eigenvalue weighted by molar-refractivity contribution is 0.346. The van der Waals surface area contributed by atoms with E-state index in [0.717, 1.165) is 16.8 Å². The van der Waals surface area contributed by atoms with Gasteiger partial charge in [-0.15, -0.1) is 0 Å². The molecule has 2 heteroatoms. The van der Waals surface area contributed by atoms with Gasteiger partial charge in [-0.2, -0.15) is 0 Å². The Morgan fingerprint density at radius 3 is 2.59 bits per heavy atom.